The zero-order valence-corrected chi connectivity index (χ0v) is 16.5. The summed E-state index contributed by atoms with van der Waals surface area (Å²) >= 11 is 0. The maximum atomic E-state index is 13.9. The summed E-state index contributed by atoms with van der Waals surface area (Å²) < 4.78 is 15.7. The lowest BCUT2D eigenvalue weighted by Crippen LogP contribution is -2.11. The van der Waals surface area contributed by atoms with E-state index in [1.165, 1.54) is 17.7 Å². The van der Waals surface area contributed by atoms with Crippen molar-refractivity contribution in [3.05, 3.63) is 70.7 Å². The van der Waals surface area contributed by atoms with Crippen molar-refractivity contribution in [2.45, 2.75) is 52.5 Å². The molecule has 0 saturated heterocycles. The predicted octanol–water partition coefficient (Wildman–Crippen LogP) is 5.62. The highest BCUT2D eigenvalue weighted by Crippen LogP contribution is 2.36. The highest BCUT2D eigenvalue weighted by molar-refractivity contribution is 5.88. The number of carboxylic acids is 1. The van der Waals surface area contributed by atoms with E-state index < -0.39 is 5.97 Å². The summed E-state index contributed by atoms with van der Waals surface area (Å²) in [6.45, 7) is 10.4. The van der Waals surface area contributed by atoms with E-state index in [-0.39, 0.29) is 23.7 Å². The van der Waals surface area contributed by atoms with Crippen molar-refractivity contribution >= 4 is 16.9 Å². The van der Waals surface area contributed by atoms with Gasteiger partial charge in [-0.2, -0.15) is 0 Å². The van der Waals surface area contributed by atoms with Gasteiger partial charge >= 0.3 is 5.97 Å². The first-order valence-corrected chi connectivity index (χ1v) is 9.20. The first-order valence-electron chi connectivity index (χ1n) is 9.20. The molecule has 0 fully saturated rings. The maximum absolute atomic E-state index is 13.9. The molecule has 0 aliphatic heterocycles. The average molecular weight is 367 g/mol. The van der Waals surface area contributed by atoms with Gasteiger partial charge in [-0.25, -0.2) is 4.39 Å². The molecule has 0 saturated carbocycles. The Hall–Kier alpha value is -2.62. The summed E-state index contributed by atoms with van der Waals surface area (Å²) in [6, 6.07) is 13.1. The Morgan fingerprint density at radius 2 is 1.78 bits per heavy atom. The van der Waals surface area contributed by atoms with Crippen LogP contribution in [0.1, 0.15) is 56.0 Å². The molecule has 1 heterocycles. The van der Waals surface area contributed by atoms with Crippen LogP contribution in [0.4, 0.5) is 4.39 Å². The van der Waals surface area contributed by atoms with Crippen LogP contribution in [0.5, 0.6) is 0 Å². The van der Waals surface area contributed by atoms with Gasteiger partial charge in [0, 0.05) is 22.5 Å². The fourth-order valence-corrected chi connectivity index (χ4v) is 3.80. The largest absolute Gasteiger partial charge is 0.480 e. The van der Waals surface area contributed by atoms with Crippen LogP contribution in [0.25, 0.3) is 10.9 Å². The smallest absolute Gasteiger partial charge is 0.323 e. The van der Waals surface area contributed by atoms with Gasteiger partial charge in [0.1, 0.15) is 12.4 Å². The average Bonchev–Trinajstić information content (AvgIpc) is 2.84. The van der Waals surface area contributed by atoms with Crippen LogP contribution in [0, 0.1) is 12.7 Å². The first-order chi connectivity index (χ1) is 12.6. The maximum Gasteiger partial charge on any atom is 0.323 e. The third kappa shape index (κ3) is 3.61. The Kier molecular flexibility index (Phi) is 4.85. The van der Waals surface area contributed by atoms with Gasteiger partial charge in [-0.1, -0.05) is 52.0 Å². The van der Waals surface area contributed by atoms with Crippen molar-refractivity contribution in [1.82, 2.24) is 4.57 Å². The van der Waals surface area contributed by atoms with E-state index >= 15 is 0 Å². The zero-order chi connectivity index (χ0) is 19.9. The summed E-state index contributed by atoms with van der Waals surface area (Å²) in [5.74, 6) is -1.20. The molecule has 0 radical (unpaired) electrons. The summed E-state index contributed by atoms with van der Waals surface area (Å²) in [7, 11) is 0. The Morgan fingerprint density at radius 1 is 1.15 bits per heavy atom. The first kappa shape index (κ1) is 19.2. The highest BCUT2D eigenvalue weighted by atomic mass is 19.1. The van der Waals surface area contributed by atoms with Crippen LogP contribution >= 0.6 is 0 Å². The van der Waals surface area contributed by atoms with Gasteiger partial charge in [0.05, 0.1) is 0 Å². The Balaban J connectivity index is 2.14. The molecule has 1 N–H and O–H groups in total. The minimum atomic E-state index is -0.909. The van der Waals surface area contributed by atoms with E-state index in [1.54, 1.807) is 10.6 Å². The van der Waals surface area contributed by atoms with Gasteiger partial charge < -0.3 is 9.67 Å². The number of carboxylic acid groups (broad SMARTS) is 1. The molecule has 1 atom stereocenters. The molecule has 3 aromatic rings. The fraction of sp³-hybridized carbons (Fsp3) is 0.348. The van der Waals surface area contributed by atoms with Gasteiger partial charge in [-0.15, -0.1) is 0 Å². The van der Waals surface area contributed by atoms with Crippen molar-refractivity contribution in [1.29, 1.82) is 0 Å². The van der Waals surface area contributed by atoms with Gasteiger partial charge in [0.2, 0.25) is 0 Å². The number of carbonyl (C=O) groups is 1. The molecule has 3 rings (SSSR count). The van der Waals surface area contributed by atoms with Gasteiger partial charge in [0.15, 0.2) is 0 Å². The molecule has 0 spiro atoms. The fourth-order valence-electron chi connectivity index (χ4n) is 3.80. The van der Waals surface area contributed by atoms with E-state index in [0.717, 1.165) is 27.7 Å². The molecular weight excluding hydrogens is 341 g/mol. The summed E-state index contributed by atoms with van der Waals surface area (Å²) in [5.41, 5.74) is 5.07. The Bertz CT molecular complexity index is 994. The molecule has 0 aliphatic carbocycles. The van der Waals surface area contributed by atoms with E-state index in [4.69, 9.17) is 0 Å². The van der Waals surface area contributed by atoms with E-state index in [9.17, 15) is 14.3 Å². The van der Waals surface area contributed by atoms with Gasteiger partial charge in [0.25, 0.3) is 0 Å². The zero-order valence-electron chi connectivity index (χ0n) is 16.5. The Labute approximate surface area is 159 Å². The number of halogens is 1. The quantitative estimate of drug-likeness (QED) is 0.650. The summed E-state index contributed by atoms with van der Waals surface area (Å²) in [4.78, 5) is 11.3. The molecule has 1 aromatic heterocycles. The van der Waals surface area contributed by atoms with Crippen molar-refractivity contribution < 1.29 is 14.3 Å². The van der Waals surface area contributed by atoms with Crippen LogP contribution in [-0.2, 0) is 16.8 Å². The third-order valence-corrected chi connectivity index (χ3v) is 5.34. The van der Waals surface area contributed by atoms with E-state index in [0.29, 0.717) is 0 Å². The third-order valence-electron chi connectivity index (χ3n) is 5.34. The van der Waals surface area contributed by atoms with Crippen molar-refractivity contribution in [3.8, 4) is 0 Å². The van der Waals surface area contributed by atoms with Crippen LogP contribution in [-0.4, -0.2) is 15.6 Å². The Morgan fingerprint density at radius 3 is 2.33 bits per heavy atom. The summed E-state index contributed by atoms with van der Waals surface area (Å²) in [6.07, 6.45) is 0. The molecular formula is C23H26FNO2. The molecule has 0 aliphatic rings. The number of rotatable bonds is 4. The topological polar surface area (TPSA) is 42.2 Å². The molecule has 1 unspecified atom stereocenters. The van der Waals surface area contributed by atoms with E-state index in [1.807, 2.05) is 6.92 Å². The second kappa shape index (κ2) is 6.84. The van der Waals surface area contributed by atoms with Gasteiger partial charge in [-0.05, 0) is 47.2 Å². The normalized spacial score (nSPS) is 13.1. The molecule has 142 valence electrons. The van der Waals surface area contributed by atoms with Crippen LogP contribution in [0.15, 0.2) is 42.5 Å². The number of hydrogen-bond acceptors (Lipinski definition) is 1. The van der Waals surface area contributed by atoms with Crippen molar-refractivity contribution in [2.75, 3.05) is 0 Å². The second-order valence-corrected chi connectivity index (χ2v) is 8.23. The minimum absolute atomic E-state index is 0.0263. The lowest BCUT2D eigenvalue weighted by molar-refractivity contribution is -0.137. The highest BCUT2D eigenvalue weighted by Gasteiger charge is 2.22. The van der Waals surface area contributed by atoms with Crippen molar-refractivity contribution in [2.24, 2.45) is 0 Å². The van der Waals surface area contributed by atoms with E-state index in [2.05, 4.69) is 52.0 Å². The van der Waals surface area contributed by atoms with Crippen LogP contribution in [0.2, 0.25) is 0 Å². The molecule has 27 heavy (non-hydrogen) atoms. The monoisotopic (exact) mass is 367 g/mol. The van der Waals surface area contributed by atoms with Crippen molar-refractivity contribution in [3.63, 3.8) is 0 Å². The number of fused-ring (bicyclic) bond motifs is 1. The number of hydrogen-bond donors (Lipinski definition) is 1. The van der Waals surface area contributed by atoms with Crippen LogP contribution < -0.4 is 0 Å². The minimum Gasteiger partial charge on any atom is -0.480 e. The molecule has 2 aromatic carbocycles. The predicted molar refractivity (Wildman–Crippen MR) is 107 cm³/mol. The number of benzene rings is 2. The molecule has 3 nitrogen and oxygen atoms in total. The number of nitrogens with zero attached hydrogens (tertiary/aromatic N) is 1. The number of aliphatic carboxylic acids is 1. The lowest BCUT2D eigenvalue weighted by atomic mass is 9.84. The lowest BCUT2D eigenvalue weighted by Gasteiger charge is -2.20. The standard InChI is InChI=1S/C23H26FNO2/c1-14(16-6-8-17(9-7-16)23(3,4)5)22-15(2)25(13-21(26)27)20-11-10-18(24)12-19(20)22/h6-12,14H,13H2,1-5H3,(H,26,27). The van der Waals surface area contributed by atoms with Gasteiger partial charge in [-0.3, -0.25) is 4.79 Å². The van der Waals surface area contributed by atoms with Crippen LogP contribution in [0.3, 0.4) is 0 Å². The molecule has 0 amide bonds. The molecule has 0 bridgehead atoms. The molecule has 4 heteroatoms. The number of aromatic nitrogens is 1. The SMILES string of the molecule is Cc1c(C(C)c2ccc(C(C)(C)C)cc2)c2cc(F)ccc2n1CC(=O)O. The second-order valence-electron chi connectivity index (χ2n) is 8.23. The summed E-state index contributed by atoms with van der Waals surface area (Å²) in [5, 5.41) is 10.1.